The normalized spacial score (nSPS) is 18.1. The van der Waals surface area contributed by atoms with Gasteiger partial charge in [-0.2, -0.15) is 13.2 Å². The van der Waals surface area contributed by atoms with Gasteiger partial charge in [-0.3, -0.25) is 14.5 Å². The second kappa shape index (κ2) is 12.2. The van der Waals surface area contributed by atoms with Gasteiger partial charge in [-0.15, -0.1) is 11.3 Å². The van der Waals surface area contributed by atoms with Crippen LogP contribution < -0.4 is 4.90 Å². The number of carbonyl (C=O) groups excluding carboxylic acids is 1. The summed E-state index contributed by atoms with van der Waals surface area (Å²) in [5.41, 5.74) is -0.255. The van der Waals surface area contributed by atoms with Crippen LogP contribution in [-0.4, -0.2) is 68.8 Å². The topological polar surface area (TPSA) is 99.5 Å². The molecule has 1 aromatic carbocycles. The largest absolute Gasteiger partial charge is 0.481 e. The molecule has 0 spiro atoms. The molecule has 2 aliphatic rings. The molecule has 4 heterocycles. The molecule has 43 heavy (non-hydrogen) atoms. The highest BCUT2D eigenvalue weighted by Crippen LogP contribution is 2.38. The number of aromatic nitrogens is 3. The van der Waals surface area contributed by atoms with Gasteiger partial charge in [0.15, 0.2) is 5.78 Å². The second-order valence-corrected chi connectivity index (χ2v) is 12.2. The summed E-state index contributed by atoms with van der Waals surface area (Å²) in [6.07, 6.45) is -0.950. The van der Waals surface area contributed by atoms with Gasteiger partial charge < -0.3 is 10.0 Å². The predicted molar refractivity (Wildman–Crippen MR) is 149 cm³/mol. The van der Waals surface area contributed by atoms with Crippen molar-refractivity contribution in [2.75, 3.05) is 31.1 Å². The van der Waals surface area contributed by atoms with Crippen molar-refractivity contribution in [3.8, 4) is 11.3 Å². The minimum Gasteiger partial charge on any atom is -0.481 e. The fourth-order valence-electron chi connectivity index (χ4n) is 5.48. The number of likely N-dealkylation sites (tertiary alicyclic amines) is 1. The monoisotopic (exact) mass is 623 g/mol. The maximum atomic E-state index is 14.1. The van der Waals surface area contributed by atoms with E-state index in [9.17, 15) is 36.6 Å². The predicted octanol–water partition coefficient (Wildman–Crippen LogP) is 5.88. The van der Waals surface area contributed by atoms with Crippen molar-refractivity contribution in [3.05, 3.63) is 57.3 Å². The van der Waals surface area contributed by atoms with Crippen LogP contribution in [0.25, 0.3) is 11.3 Å². The Kier molecular flexibility index (Phi) is 8.80. The molecule has 3 aromatic rings. The van der Waals surface area contributed by atoms with Crippen LogP contribution in [0.3, 0.4) is 0 Å². The lowest BCUT2D eigenvalue weighted by molar-refractivity contribution is -0.142. The zero-order valence-electron chi connectivity index (χ0n) is 23.3. The number of benzene rings is 1. The molecule has 0 aliphatic carbocycles. The molecule has 2 aromatic heterocycles. The quantitative estimate of drug-likeness (QED) is 0.245. The number of carboxylic acid groups (broad SMARTS) is 1. The number of halogens is 5. The number of anilines is 1. The smallest absolute Gasteiger partial charge is 0.416 e. The van der Waals surface area contributed by atoms with E-state index >= 15 is 0 Å². The first-order valence-electron chi connectivity index (χ1n) is 13.9. The number of aliphatic carboxylic acids is 1. The lowest BCUT2D eigenvalue weighted by Crippen LogP contribution is -2.41. The third-order valence-electron chi connectivity index (χ3n) is 7.80. The number of Topliss-reactive ketones (excluding diaryl/α,β-unsaturated/α-hetero) is 1. The maximum Gasteiger partial charge on any atom is 0.416 e. The van der Waals surface area contributed by atoms with Crippen LogP contribution in [-0.2, 0) is 23.9 Å². The molecule has 0 atom stereocenters. The van der Waals surface area contributed by atoms with E-state index in [0.717, 1.165) is 17.4 Å². The molecule has 8 nitrogen and oxygen atoms in total. The van der Waals surface area contributed by atoms with Gasteiger partial charge in [0.05, 0.1) is 42.5 Å². The minimum atomic E-state index is -4.58. The fourth-order valence-corrected chi connectivity index (χ4v) is 6.61. The first kappa shape index (κ1) is 30.9. The number of hydrogen-bond donors (Lipinski definition) is 1. The maximum absolute atomic E-state index is 14.1. The molecule has 1 N–H and O–H groups in total. The first-order chi connectivity index (χ1) is 20.3. The summed E-state index contributed by atoms with van der Waals surface area (Å²) in [7, 11) is 0. The molecule has 0 bridgehead atoms. The van der Waals surface area contributed by atoms with Crippen LogP contribution in [0, 0.1) is 12.8 Å². The number of ketones is 1. The Labute approximate surface area is 248 Å². The molecule has 14 heteroatoms. The van der Waals surface area contributed by atoms with Gasteiger partial charge in [-0.25, -0.2) is 23.7 Å². The van der Waals surface area contributed by atoms with Gasteiger partial charge in [0, 0.05) is 36.5 Å². The Morgan fingerprint density at radius 3 is 2.49 bits per heavy atom. The fraction of sp³-hybridized carbons (Fsp3) is 0.483. The zero-order valence-corrected chi connectivity index (χ0v) is 24.1. The average Bonchev–Trinajstić information content (AvgIpc) is 3.33. The summed E-state index contributed by atoms with van der Waals surface area (Å²) in [5.74, 6) is -3.95. The third-order valence-corrected chi connectivity index (χ3v) is 8.84. The van der Waals surface area contributed by atoms with Crippen LogP contribution in [0.5, 0.6) is 0 Å². The molecule has 2 saturated heterocycles. The van der Waals surface area contributed by atoms with E-state index in [0.29, 0.717) is 54.6 Å². The highest BCUT2D eigenvalue weighted by molar-refractivity contribution is 7.12. The Morgan fingerprint density at radius 1 is 1.12 bits per heavy atom. The van der Waals surface area contributed by atoms with E-state index in [2.05, 4.69) is 15.0 Å². The zero-order chi connectivity index (χ0) is 30.9. The van der Waals surface area contributed by atoms with Crippen LogP contribution >= 0.6 is 11.3 Å². The number of alkyl halides is 5. The summed E-state index contributed by atoms with van der Waals surface area (Å²) in [6, 6.07) is 3.87. The Bertz CT molecular complexity index is 1490. The molecule has 2 fully saturated rings. The van der Waals surface area contributed by atoms with Crippen molar-refractivity contribution in [1.29, 1.82) is 0 Å². The lowest BCUT2D eigenvalue weighted by atomic mass is 9.97. The summed E-state index contributed by atoms with van der Waals surface area (Å²) in [6.45, 7) is 2.39. The molecule has 2 aliphatic heterocycles. The second-order valence-electron chi connectivity index (χ2n) is 11.0. The van der Waals surface area contributed by atoms with Crippen molar-refractivity contribution in [2.45, 2.75) is 57.7 Å². The van der Waals surface area contributed by atoms with Crippen LogP contribution in [0.4, 0.5) is 27.8 Å². The van der Waals surface area contributed by atoms with Crippen molar-refractivity contribution in [2.24, 2.45) is 5.92 Å². The third kappa shape index (κ3) is 7.35. The van der Waals surface area contributed by atoms with Crippen LogP contribution in [0.1, 0.15) is 57.2 Å². The van der Waals surface area contributed by atoms with E-state index < -0.39 is 41.9 Å². The van der Waals surface area contributed by atoms with Gasteiger partial charge >= 0.3 is 12.1 Å². The molecule has 0 radical (unpaired) electrons. The van der Waals surface area contributed by atoms with E-state index in [-0.39, 0.29) is 41.9 Å². The number of carboxylic acids is 1. The molecule has 0 unspecified atom stereocenters. The van der Waals surface area contributed by atoms with E-state index in [4.69, 9.17) is 0 Å². The minimum absolute atomic E-state index is 0.0485. The summed E-state index contributed by atoms with van der Waals surface area (Å²) in [5, 5.41) is 9.52. The summed E-state index contributed by atoms with van der Waals surface area (Å²) >= 11 is 1.11. The number of nitrogens with zero attached hydrogens (tertiary/aromatic N) is 5. The molecule has 5 rings (SSSR count). The molecule has 0 amide bonds. The standard InChI is InChI=1S/C29H30F5N5O3S/c1-17-3-4-19(11-20(17)29(32,33)34)26-23(15-38-8-2-7-28(30,31)16-38)43-25(37-26)12-22(40)21-13-36-24(14-35-21)39-9-5-18(6-10-39)27(41)42/h3-4,11,13-14,18H,2,5-10,12,15-16H2,1H3,(H,41,42). The van der Waals surface area contributed by atoms with Crippen molar-refractivity contribution < 1.29 is 36.6 Å². The first-order valence-corrected chi connectivity index (χ1v) is 14.7. The van der Waals surface area contributed by atoms with Gasteiger partial charge in [0.2, 0.25) is 0 Å². The molecule has 0 saturated carbocycles. The van der Waals surface area contributed by atoms with E-state index in [1.165, 1.54) is 31.5 Å². The van der Waals surface area contributed by atoms with Gasteiger partial charge in [0.25, 0.3) is 5.92 Å². The van der Waals surface area contributed by atoms with E-state index in [1.807, 2.05) is 4.90 Å². The van der Waals surface area contributed by atoms with Crippen LogP contribution in [0.15, 0.2) is 30.6 Å². The Morgan fingerprint density at radius 2 is 1.86 bits per heavy atom. The lowest BCUT2D eigenvalue weighted by Gasteiger charge is -2.32. The molecular formula is C29H30F5N5O3S. The van der Waals surface area contributed by atoms with Crippen molar-refractivity contribution in [3.63, 3.8) is 0 Å². The van der Waals surface area contributed by atoms with Crippen molar-refractivity contribution >= 4 is 28.9 Å². The number of rotatable bonds is 8. The van der Waals surface area contributed by atoms with Gasteiger partial charge in [-0.1, -0.05) is 12.1 Å². The SMILES string of the molecule is Cc1ccc(-c2nc(CC(=O)c3cnc(N4CCC(C(=O)O)CC4)cn3)sc2CN2CCCC(F)(F)C2)cc1C(F)(F)F. The van der Waals surface area contributed by atoms with Gasteiger partial charge in [0.1, 0.15) is 16.5 Å². The van der Waals surface area contributed by atoms with E-state index in [1.54, 1.807) is 4.90 Å². The van der Waals surface area contributed by atoms with Crippen LogP contribution in [0.2, 0.25) is 0 Å². The highest BCUT2D eigenvalue weighted by atomic mass is 32.1. The number of piperidine rings is 2. The number of carbonyl (C=O) groups is 2. The molecular weight excluding hydrogens is 593 g/mol. The van der Waals surface area contributed by atoms with Crippen molar-refractivity contribution in [1.82, 2.24) is 19.9 Å². The Balaban J connectivity index is 1.36. The highest BCUT2D eigenvalue weighted by Gasteiger charge is 2.36. The van der Waals surface area contributed by atoms with Gasteiger partial charge in [-0.05, 0) is 44.4 Å². The molecule has 230 valence electrons. The Hall–Kier alpha value is -3.52. The summed E-state index contributed by atoms with van der Waals surface area (Å²) < 4.78 is 69.2. The number of hydrogen-bond acceptors (Lipinski definition) is 8. The summed E-state index contributed by atoms with van der Waals surface area (Å²) in [4.78, 5) is 41.4. The number of aryl methyl sites for hydroxylation is 1. The number of thiazole rings is 1. The average molecular weight is 624 g/mol.